The largest absolute Gasteiger partial charge is 0.406 e. The number of hydrogen-bond donors (Lipinski definition) is 2. The molecule has 0 aliphatic carbocycles. The Kier molecular flexibility index (Phi) is 7.07. The van der Waals surface area contributed by atoms with Crippen LogP contribution in [0.2, 0.25) is 0 Å². The number of aliphatic hydroxyl groups excluding tert-OH is 1. The maximum absolute atomic E-state index is 12.1. The van der Waals surface area contributed by atoms with E-state index < -0.39 is 25.2 Å². The Morgan fingerprint density at radius 3 is 2.50 bits per heavy atom. The predicted molar refractivity (Wildman–Crippen MR) is 52.9 cm³/mol. The van der Waals surface area contributed by atoms with Crippen molar-refractivity contribution < 1.29 is 23.1 Å². The minimum atomic E-state index is -4.43. The second-order valence-electron chi connectivity index (χ2n) is 3.26. The zero-order chi connectivity index (χ0) is 12.6. The van der Waals surface area contributed by atoms with Gasteiger partial charge in [0.15, 0.2) is 0 Å². The summed E-state index contributed by atoms with van der Waals surface area (Å²) in [7, 11) is 0. The summed E-state index contributed by atoms with van der Waals surface area (Å²) in [6.45, 7) is 0.777. The molecule has 0 unspecified atom stereocenters. The minimum Gasteiger partial charge on any atom is -0.395 e. The Morgan fingerprint density at radius 1 is 1.44 bits per heavy atom. The van der Waals surface area contributed by atoms with Gasteiger partial charge in [0.1, 0.15) is 6.54 Å². The summed E-state index contributed by atoms with van der Waals surface area (Å²) >= 11 is 0. The van der Waals surface area contributed by atoms with Gasteiger partial charge in [-0.15, -0.1) is 0 Å². The van der Waals surface area contributed by atoms with Crippen molar-refractivity contribution in [2.45, 2.75) is 19.5 Å². The van der Waals surface area contributed by atoms with Crippen LogP contribution < -0.4 is 5.32 Å². The van der Waals surface area contributed by atoms with Crippen molar-refractivity contribution in [3.05, 3.63) is 0 Å². The molecule has 0 bridgehead atoms. The molecule has 0 heterocycles. The van der Waals surface area contributed by atoms with Crippen molar-refractivity contribution in [3.8, 4) is 0 Å². The summed E-state index contributed by atoms with van der Waals surface area (Å²) < 4.78 is 36.3. The van der Waals surface area contributed by atoms with Crippen LogP contribution >= 0.6 is 0 Å². The lowest BCUT2D eigenvalue weighted by atomic mass is 10.3. The lowest BCUT2D eigenvalue weighted by molar-refractivity contribution is -0.161. The van der Waals surface area contributed by atoms with Gasteiger partial charge in [-0.1, -0.05) is 6.92 Å². The monoisotopic (exact) mass is 242 g/mol. The number of hydrogen-bond acceptors (Lipinski definition) is 3. The molecule has 2 N–H and O–H groups in total. The zero-order valence-corrected chi connectivity index (χ0v) is 9.18. The fourth-order valence-corrected chi connectivity index (χ4v) is 1.16. The van der Waals surface area contributed by atoms with Crippen LogP contribution in [0.25, 0.3) is 0 Å². The number of nitrogens with one attached hydrogen (secondary N) is 1. The summed E-state index contributed by atoms with van der Waals surface area (Å²) in [5, 5.41) is 11.4. The second kappa shape index (κ2) is 7.45. The summed E-state index contributed by atoms with van der Waals surface area (Å²) in [5.41, 5.74) is 0. The molecule has 96 valence electrons. The molecule has 16 heavy (non-hydrogen) atoms. The lowest BCUT2D eigenvalue weighted by Crippen LogP contribution is -2.41. The van der Waals surface area contributed by atoms with Crippen LogP contribution in [-0.4, -0.2) is 54.9 Å². The topological polar surface area (TPSA) is 52.6 Å². The van der Waals surface area contributed by atoms with Gasteiger partial charge < -0.3 is 15.3 Å². The van der Waals surface area contributed by atoms with E-state index in [4.69, 9.17) is 5.11 Å². The molecular weight excluding hydrogens is 225 g/mol. The van der Waals surface area contributed by atoms with E-state index in [1.165, 1.54) is 0 Å². The third-order valence-electron chi connectivity index (χ3n) is 1.86. The Bertz CT molecular complexity index is 209. The van der Waals surface area contributed by atoms with Gasteiger partial charge >= 0.3 is 6.18 Å². The Labute approximate surface area is 92.4 Å². The smallest absolute Gasteiger partial charge is 0.395 e. The predicted octanol–water partition coefficient (Wildman–Crippen LogP) is 0.369. The molecule has 0 aromatic carbocycles. The van der Waals surface area contributed by atoms with E-state index >= 15 is 0 Å². The number of carbonyl (C=O) groups excluding carboxylic acids is 1. The first-order valence-corrected chi connectivity index (χ1v) is 5.06. The number of amides is 1. The van der Waals surface area contributed by atoms with E-state index in [1.807, 2.05) is 6.92 Å². The van der Waals surface area contributed by atoms with Crippen LogP contribution in [0.4, 0.5) is 13.2 Å². The second-order valence-corrected chi connectivity index (χ2v) is 3.26. The van der Waals surface area contributed by atoms with Gasteiger partial charge in [-0.2, -0.15) is 13.2 Å². The molecule has 4 nitrogen and oxygen atoms in total. The van der Waals surface area contributed by atoms with Gasteiger partial charge in [-0.3, -0.25) is 4.79 Å². The summed E-state index contributed by atoms with van der Waals surface area (Å²) in [6, 6.07) is 0. The highest BCUT2D eigenvalue weighted by Gasteiger charge is 2.32. The van der Waals surface area contributed by atoms with Gasteiger partial charge in [-0.05, 0) is 6.54 Å². The molecule has 1 amide bonds. The highest BCUT2D eigenvalue weighted by atomic mass is 19.4. The van der Waals surface area contributed by atoms with E-state index in [-0.39, 0.29) is 13.0 Å². The molecule has 0 saturated heterocycles. The first-order chi connectivity index (χ1) is 7.40. The van der Waals surface area contributed by atoms with E-state index in [0.717, 1.165) is 0 Å². The third-order valence-corrected chi connectivity index (χ3v) is 1.86. The molecule has 0 fully saturated rings. The number of alkyl halides is 3. The van der Waals surface area contributed by atoms with Crippen molar-refractivity contribution in [1.82, 2.24) is 10.2 Å². The minimum absolute atomic E-state index is 0.00389. The van der Waals surface area contributed by atoms with E-state index in [2.05, 4.69) is 5.32 Å². The quantitative estimate of drug-likeness (QED) is 0.634. The van der Waals surface area contributed by atoms with Gasteiger partial charge in [0.25, 0.3) is 0 Å². The Balaban J connectivity index is 4.13. The SMILES string of the molecule is CCNCCC(=O)N(CCO)CC(F)(F)F. The fourth-order valence-electron chi connectivity index (χ4n) is 1.16. The van der Waals surface area contributed by atoms with Gasteiger partial charge in [-0.25, -0.2) is 0 Å². The van der Waals surface area contributed by atoms with E-state index in [0.29, 0.717) is 18.0 Å². The fraction of sp³-hybridized carbons (Fsp3) is 0.889. The Morgan fingerprint density at radius 2 is 2.06 bits per heavy atom. The number of aliphatic hydroxyl groups is 1. The summed E-state index contributed by atoms with van der Waals surface area (Å²) in [4.78, 5) is 12.0. The van der Waals surface area contributed by atoms with Crippen LogP contribution in [0.3, 0.4) is 0 Å². The standard InChI is InChI=1S/C9H17F3N2O2/c1-2-13-4-3-8(16)14(5-6-15)7-9(10,11)12/h13,15H,2-7H2,1H3. The average molecular weight is 242 g/mol. The normalized spacial score (nSPS) is 11.6. The summed E-state index contributed by atoms with van der Waals surface area (Å²) in [6.07, 6.45) is -4.42. The van der Waals surface area contributed by atoms with Crippen molar-refractivity contribution in [2.75, 3.05) is 32.8 Å². The zero-order valence-electron chi connectivity index (χ0n) is 9.18. The molecule has 0 aromatic rings. The van der Waals surface area contributed by atoms with Crippen LogP contribution in [-0.2, 0) is 4.79 Å². The Hall–Kier alpha value is -0.820. The maximum atomic E-state index is 12.1. The van der Waals surface area contributed by atoms with Crippen LogP contribution in [0.5, 0.6) is 0 Å². The molecule has 0 aliphatic heterocycles. The molecule has 0 aromatic heterocycles. The van der Waals surface area contributed by atoms with E-state index in [1.54, 1.807) is 0 Å². The molecule has 0 atom stereocenters. The highest BCUT2D eigenvalue weighted by molar-refractivity contribution is 5.76. The van der Waals surface area contributed by atoms with Gasteiger partial charge in [0, 0.05) is 19.5 Å². The lowest BCUT2D eigenvalue weighted by Gasteiger charge is -2.23. The first-order valence-electron chi connectivity index (χ1n) is 5.06. The van der Waals surface area contributed by atoms with Crippen molar-refractivity contribution in [2.24, 2.45) is 0 Å². The van der Waals surface area contributed by atoms with Crippen molar-refractivity contribution in [3.63, 3.8) is 0 Å². The molecule has 0 aliphatic rings. The molecule has 0 rings (SSSR count). The molecule has 0 spiro atoms. The number of carbonyl (C=O) groups is 1. The van der Waals surface area contributed by atoms with Crippen LogP contribution in [0, 0.1) is 0 Å². The van der Waals surface area contributed by atoms with Crippen LogP contribution in [0.1, 0.15) is 13.3 Å². The summed E-state index contributed by atoms with van der Waals surface area (Å²) in [5.74, 6) is -0.604. The number of nitrogens with zero attached hydrogens (tertiary/aromatic N) is 1. The number of rotatable bonds is 7. The molecular formula is C9H17F3N2O2. The first kappa shape index (κ1) is 15.2. The number of halogens is 3. The molecule has 7 heteroatoms. The van der Waals surface area contributed by atoms with Crippen molar-refractivity contribution >= 4 is 5.91 Å². The third kappa shape index (κ3) is 7.47. The van der Waals surface area contributed by atoms with Crippen LogP contribution in [0.15, 0.2) is 0 Å². The van der Waals surface area contributed by atoms with E-state index in [9.17, 15) is 18.0 Å². The maximum Gasteiger partial charge on any atom is 0.406 e. The van der Waals surface area contributed by atoms with Gasteiger partial charge in [0.05, 0.1) is 6.61 Å². The highest BCUT2D eigenvalue weighted by Crippen LogP contribution is 2.16. The molecule has 0 radical (unpaired) electrons. The molecule has 0 saturated carbocycles. The average Bonchev–Trinajstić information content (AvgIpc) is 2.15. The van der Waals surface area contributed by atoms with Crippen molar-refractivity contribution in [1.29, 1.82) is 0 Å². The van der Waals surface area contributed by atoms with Gasteiger partial charge in [0.2, 0.25) is 5.91 Å².